The Balaban J connectivity index is 2.05. The van der Waals surface area contributed by atoms with E-state index in [9.17, 15) is 4.79 Å². The number of hydrogen-bond donors (Lipinski definition) is 1. The van der Waals surface area contributed by atoms with Gasteiger partial charge in [0.2, 0.25) is 5.91 Å². The number of nitrogens with zero attached hydrogens (tertiary/aromatic N) is 1. The molecule has 3 nitrogen and oxygen atoms in total. The summed E-state index contributed by atoms with van der Waals surface area (Å²) in [5, 5.41) is 5.57. The molecule has 4 heteroatoms. The zero-order valence-electron chi connectivity index (χ0n) is 11.6. The summed E-state index contributed by atoms with van der Waals surface area (Å²) in [6.45, 7) is 10.4. The molecule has 1 fully saturated rings. The maximum absolute atomic E-state index is 12.2. The highest BCUT2D eigenvalue weighted by Gasteiger charge is 2.60. The fourth-order valence-electron chi connectivity index (χ4n) is 2.44. The summed E-state index contributed by atoms with van der Waals surface area (Å²) >= 11 is 1.48. The van der Waals surface area contributed by atoms with Gasteiger partial charge in [-0.3, -0.25) is 4.79 Å². The van der Waals surface area contributed by atoms with Gasteiger partial charge >= 0.3 is 0 Å². The van der Waals surface area contributed by atoms with Gasteiger partial charge in [0.25, 0.3) is 0 Å². The molecule has 0 saturated heterocycles. The third kappa shape index (κ3) is 2.48. The first-order valence-electron chi connectivity index (χ1n) is 6.20. The van der Waals surface area contributed by atoms with E-state index in [1.54, 1.807) is 0 Å². The first-order chi connectivity index (χ1) is 8.32. The van der Waals surface area contributed by atoms with Crippen molar-refractivity contribution < 1.29 is 4.79 Å². The number of rotatable bonds is 3. The van der Waals surface area contributed by atoms with E-state index in [-0.39, 0.29) is 17.2 Å². The van der Waals surface area contributed by atoms with Crippen LogP contribution in [0.3, 0.4) is 0 Å². The Labute approximate surface area is 112 Å². The maximum Gasteiger partial charge on any atom is 0.230 e. The van der Waals surface area contributed by atoms with Crippen molar-refractivity contribution in [1.82, 2.24) is 4.98 Å². The molecule has 98 valence electrons. The van der Waals surface area contributed by atoms with Crippen LogP contribution in [0.2, 0.25) is 0 Å². The fourth-order valence-corrected chi connectivity index (χ4v) is 3.13. The molecular formula is C14H20N2OS. The van der Waals surface area contributed by atoms with Gasteiger partial charge in [0.15, 0.2) is 5.13 Å². The number of nitrogens with one attached hydrogen (secondary N) is 1. The smallest absolute Gasteiger partial charge is 0.230 e. The van der Waals surface area contributed by atoms with Gasteiger partial charge < -0.3 is 5.32 Å². The Bertz CT molecular complexity index is 498. The second-order valence-electron chi connectivity index (χ2n) is 5.85. The van der Waals surface area contributed by atoms with E-state index in [1.807, 2.05) is 12.3 Å². The van der Waals surface area contributed by atoms with Crippen LogP contribution in [0.1, 0.15) is 33.4 Å². The Kier molecular flexibility index (Phi) is 3.32. The fraction of sp³-hybridized carbons (Fsp3) is 0.571. The zero-order chi connectivity index (χ0) is 13.5. The molecular weight excluding hydrogens is 244 g/mol. The molecule has 1 aliphatic rings. The van der Waals surface area contributed by atoms with Gasteiger partial charge in [0, 0.05) is 5.38 Å². The predicted molar refractivity (Wildman–Crippen MR) is 75.7 cm³/mol. The molecule has 1 amide bonds. The van der Waals surface area contributed by atoms with Crippen LogP contribution in [0.4, 0.5) is 5.13 Å². The van der Waals surface area contributed by atoms with Crippen molar-refractivity contribution in [3.63, 3.8) is 0 Å². The molecule has 1 aromatic rings. The third-order valence-electron chi connectivity index (χ3n) is 3.56. The lowest BCUT2D eigenvalue weighted by atomic mass is 10.1. The van der Waals surface area contributed by atoms with Crippen LogP contribution in [0.25, 0.3) is 0 Å². The average molecular weight is 264 g/mol. The van der Waals surface area contributed by atoms with Crippen molar-refractivity contribution in [1.29, 1.82) is 0 Å². The molecule has 2 atom stereocenters. The molecule has 18 heavy (non-hydrogen) atoms. The van der Waals surface area contributed by atoms with E-state index >= 15 is 0 Å². The third-order valence-corrected chi connectivity index (χ3v) is 4.43. The lowest BCUT2D eigenvalue weighted by Crippen LogP contribution is -2.16. The van der Waals surface area contributed by atoms with Crippen molar-refractivity contribution in [2.24, 2.45) is 17.3 Å². The molecule has 1 heterocycles. The van der Waals surface area contributed by atoms with E-state index in [0.29, 0.717) is 11.0 Å². The summed E-state index contributed by atoms with van der Waals surface area (Å²) in [5.41, 5.74) is 2.29. The zero-order valence-corrected chi connectivity index (χ0v) is 12.4. The van der Waals surface area contributed by atoms with Crippen LogP contribution in [-0.2, 0) is 4.79 Å². The van der Waals surface area contributed by atoms with Crippen LogP contribution in [0.15, 0.2) is 17.0 Å². The molecule has 0 radical (unpaired) electrons. The molecule has 1 aromatic heterocycles. The largest absolute Gasteiger partial charge is 0.302 e. The topological polar surface area (TPSA) is 42.0 Å². The van der Waals surface area contributed by atoms with Crippen LogP contribution in [-0.4, -0.2) is 10.9 Å². The highest BCUT2D eigenvalue weighted by Crippen LogP contribution is 2.59. The molecule has 0 aromatic carbocycles. The predicted octanol–water partition coefficient (Wildman–Crippen LogP) is 3.63. The minimum absolute atomic E-state index is 0.0632. The molecule has 0 spiro atoms. The number of aromatic nitrogens is 1. The number of hydrogen-bond acceptors (Lipinski definition) is 3. The van der Waals surface area contributed by atoms with Crippen LogP contribution in [0.5, 0.6) is 0 Å². The second-order valence-corrected chi connectivity index (χ2v) is 6.71. The van der Waals surface area contributed by atoms with E-state index in [2.05, 4.69) is 44.1 Å². The molecule has 0 unspecified atom stereocenters. The summed E-state index contributed by atoms with van der Waals surface area (Å²) in [6.07, 6.45) is 2.21. The standard InChI is InChI=1S/C14H20N2OS/c1-8(2)6-10-11(14(10,4)5)12(17)16-13-15-9(3)7-18-13/h6-7,10-11H,1-5H3,(H,15,16,17)/t10-,11-/m1/s1. The van der Waals surface area contributed by atoms with Crippen molar-refractivity contribution >= 4 is 22.4 Å². The summed E-state index contributed by atoms with van der Waals surface area (Å²) in [4.78, 5) is 16.5. The van der Waals surface area contributed by atoms with Crippen molar-refractivity contribution in [3.8, 4) is 0 Å². The van der Waals surface area contributed by atoms with Crippen LogP contribution < -0.4 is 5.32 Å². The monoisotopic (exact) mass is 264 g/mol. The Morgan fingerprint density at radius 2 is 2.17 bits per heavy atom. The maximum atomic E-state index is 12.2. The van der Waals surface area contributed by atoms with E-state index in [1.165, 1.54) is 16.9 Å². The second kappa shape index (κ2) is 4.50. The molecule has 1 aliphatic carbocycles. The Morgan fingerprint density at radius 1 is 1.50 bits per heavy atom. The summed E-state index contributed by atoms with van der Waals surface area (Å²) in [6, 6.07) is 0. The van der Waals surface area contributed by atoms with Crippen molar-refractivity contribution in [3.05, 3.63) is 22.7 Å². The SMILES string of the molecule is CC(C)=C[C@@H]1[C@H](C(=O)Nc2nc(C)cs2)C1(C)C. The number of carbonyl (C=O) groups excluding carboxylic acids is 1. The first-order valence-corrected chi connectivity index (χ1v) is 7.08. The number of anilines is 1. The van der Waals surface area contributed by atoms with E-state index < -0.39 is 0 Å². The van der Waals surface area contributed by atoms with Crippen LogP contribution in [0, 0.1) is 24.2 Å². The Morgan fingerprint density at radius 3 is 2.67 bits per heavy atom. The van der Waals surface area contributed by atoms with Crippen molar-refractivity contribution in [2.45, 2.75) is 34.6 Å². The number of carbonyl (C=O) groups is 1. The normalized spacial score (nSPS) is 24.5. The molecule has 2 rings (SSSR count). The number of amides is 1. The number of allylic oxidation sites excluding steroid dienone is 2. The Hall–Kier alpha value is -1.16. The minimum atomic E-state index is 0.0632. The quantitative estimate of drug-likeness (QED) is 0.847. The van der Waals surface area contributed by atoms with Gasteiger partial charge in [-0.05, 0) is 32.1 Å². The van der Waals surface area contributed by atoms with Gasteiger partial charge in [-0.2, -0.15) is 0 Å². The number of thiazole rings is 1. The summed E-state index contributed by atoms with van der Waals surface area (Å²) in [7, 11) is 0. The average Bonchev–Trinajstić information content (AvgIpc) is 2.56. The lowest BCUT2D eigenvalue weighted by Gasteiger charge is -2.02. The van der Waals surface area contributed by atoms with Gasteiger partial charge in [-0.1, -0.05) is 25.5 Å². The van der Waals surface area contributed by atoms with Gasteiger partial charge in [0.1, 0.15) is 0 Å². The van der Waals surface area contributed by atoms with E-state index in [4.69, 9.17) is 0 Å². The van der Waals surface area contributed by atoms with E-state index in [0.717, 1.165) is 5.69 Å². The lowest BCUT2D eigenvalue weighted by molar-refractivity contribution is -0.118. The van der Waals surface area contributed by atoms with Crippen LogP contribution >= 0.6 is 11.3 Å². The van der Waals surface area contributed by atoms with Gasteiger partial charge in [-0.25, -0.2) is 4.98 Å². The van der Waals surface area contributed by atoms with Gasteiger partial charge in [0.05, 0.1) is 11.6 Å². The molecule has 1 saturated carbocycles. The highest BCUT2D eigenvalue weighted by molar-refractivity contribution is 7.13. The minimum Gasteiger partial charge on any atom is -0.302 e. The first kappa shape index (κ1) is 13.3. The summed E-state index contributed by atoms with van der Waals surface area (Å²) < 4.78 is 0. The van der Waals surface area contributed by atoms with Crippen molar-refractivity contribution in [2.75, 3.05) is 5.32 Å². The highest BCUT2D eigenvalue weighted by atomic mass is 32.1. The molecule has 0 bridgehead atoms. The summed E-state index contributed by atoms with van der Waals surface area (Å²) in [5.74, 6) is 0.511. The van der Waals surface area contributed by atoms with Gasteiger partial charge in [-0.15, -0.1) is 11.3 Å². The molecule has 0 aliphatic heterocycles. The molecule has 1 N–H and O–H groups in total. The number of aryl methyl sites for hydroxylation is 1.